The van der Waals surface area contributed by atoms with Crippen LogP contribution in [0.4, 0.5) is 0 Å². The Morgan fingerprint density at radius 3 is 2.84 bits per heavy atom. The van der Waals surface area contributed by atoms with E-state index in [4.69, 9.17) is 4.98 Å². The number of nitrogens with zero attached hydrogens (tertiary/aromatic N) is 1. The van der Waals surface area contributed by atoms with Crippen molar-refractivity contribution in [3.8, 4) is 10.7 Å². The van der Waals surface area contributed by atoms with Gasteiger partial charge in [-0.05, 0) is 54.6 Å². The summed E-state index contributed by atoms with van der Waals surface area (Å²) in [7, 11) is 0. The van der Waals surface area contributed by atoms with Gasteiger partial charge >= 0.3 is 0 Å². The molecule has 1 N–H and O–H groups in total. The number of fused-ring (bicyclic) bond motifs is 1. The van der Waals surface area contributed by atoms with E-state index in [2.05, 4.69) is 27.8 Å². The van der Waals surface area contributed by atoms with E-state index in [1.54, 1.807) is 11.3 Å². The molecule has 0 saturated carbocycles. The third-order valence-corrected chi connectivity index (χ3v) is 5.68. The maximum absolute atomic E-state index is 12.2. The first-order valence-electron chi connectivity index (χ1n) is 6.53. The van der Waals surface area contributed by atoms with Crippen LogP contribution in [0.3, 0.4) is 0 Å². The summed E-state index contributed by atoms with van der Waals surface area (Å²) in [5.74, 6) is 0.712. The minimum Gasteiger partial charge on any atom is -0.306 e. The van der Waals surface area contributed by atoms with Crippen molar-refractivity contribution in [2.24, 2.45) is 0 Å². The number of hydrogen-bond donors (Lipinski definition) is 1. The number of thiophene rings is 1. The standard InChI is InChI=1S/C14H15BrN2OS/c1-8-10(15)7-12(19-8)13-16-11-6-4-2-3-5-9(11)14(18)17-13/h7H,2-6H2,1H3,(H,16,17,18). The van der Waals surface area contributed by atoms with Crippen LogP contribution in [-0.2, 0) is 12.8 Å². The third kappa shape index (κ3) is 2.54. The van der Waals surface area contributed by atoms with Crippen LogP contribution in [0.1, 0.15) is 35.4 Å². The van der Waals surface area contributed by atoms with Gasteiger partial charge in [0.1, 0.15) is 0 Å². The van der Waals surface area contributed by atoms with Crippen molar-refractivity contribution in [2.45, 2.75) is 39.0 Å². The number of nitrogens with one attached hydrogen (secondary N) is 1. The second kappa shape index (κ2) is 5.21. The molecule has 3 nitrogen and oxygen atoms in total. The molecule has 3 rings (SSSR count). The van der Waals surface area contributed by atoms with Gasteiger partial charge in [-0.1, -0.05) is 6.42 Å². The lowest BCUT2D eigenvalue weighted by Gasteiger charge is -2.05. The number of halogens is 1. The highest BCUT2D eigenvalue weighted by Gasteiger charge is 2.16. The molecule has 0 unspecified atom stereocenters. The van der Waals surface area contributed by atoms with Gasteiger partial charge in [-0.3, -0.25) is 4.79 Å². The lowest BCUT2D eigenvalue weighted by atomic mass is 10.1. The average molecular weight is 339 g/mol. The molecule has 0 spiro atoms. The van der Waals surface area contributed by atoms with Crippen LogP contribution in [0.5, 0.6) is 0 Å². The molecular formula is C14H15BrN2OS. The fraction of sp³-hybridized carbons (Fsp3) is 0.429. The van der Waals surface area contributed by atoms with Crippen molar-refractivity contribution in [2.75, 3.05) is 0 Å². The maximum Gasteiger partial charge on any atom is 0.254 e. The van der Waals surface area contributed by atoms with Crippen molar-refractivity contribution in [3.63, 3.8) is 0 Å². The molecule has 0 saturated heterocycles. The van der Waals surface area contributed by atoms with Crippen LogP contribution in [0, 0.1) is 6.92 Å². The first-order chi connectivity index (χ1) is 9.15. The summed E-state index contributed by atoms with van der Waals surface area (Å²) >= 11 is 5.16. The number of H-pyrrole nitrogens is 1. The van der Waals surface area contributed by atoms with Gasteiger partial charge in [-0.15, -0.1) is 11.3 Å². The summed E-state index contributed by atoms with van der Waals surface area (Å²) in [4.78, 5) is 22.1. The molecule has 0 aromatic carbocycles. The molecular weight excluding hydrogens is 324 g/mol. The number of hydrogen-bond acceptors (Lipinski definition) is 3. The van der Waals surface area contributed by atoms with Crippen molar-refractivity contribution < 1.29 is 0 Å². The molecule has 0 bridgehead atoms. The second-order valence-electron chi connectivity index (χ2n) is 4.92. The molecule has 5 heteroatoms. The van der Waals surface area contributed by atoms with Crippen molar-refractivity contribution in [1.29, 1.82) is 0 Å². The Morgan fingerprint density at radius 1 is 1.32 bits per heavy atom. The van der Waals surface area contributed by atoms with E-state index in [1.807, 2.05) is 6.07 Å². The maximum atomic E-state index is 12.2. The Kier molecular flexibility index (Phi) is 3.58. The zero-order valence-corrected chi connectivity index (χ0v) is 13.2. The lowest BCUT2D eigenvalue weighted by Crippen LogP contribution is -2.17. The van der Waals surface area contributed by atoms with Crippen LogP contribution < -0.4 is 5.56 Å². The van der Waals surface area contributed by atoms with E-state index >= 15 is 0 Å². The first kappa shape index (κ1) is 13.1. The molecule has 1 aliphatic rings. The van der Waals surface area contributed by atoms with E-state index in [1.165, 1.54) is 11.3 Å². The highest BCUT2D eigenvalue weighted by atomic mass is 79.9. The molecule has 2 heterocycles. The van der Waals surface area contributed by atoms with E-state index in [0.29, 0.717) is 5.82 Å². The fourth-order valence-electron chi connectivity index (χ4n) is 2.47. The van der Waals surface area contributed by atoms with Crippen LogP contribution in [0.2, 0.25) is 0 Å². The summed E-state index contributed by atoms with van der Waals surface area (Å²) in [6.45, 7) is 2.06. The van der Waals surface area contributed by atoms with Crippen LogP contribution in [0.25, 0.3) is 10.7 Å². The lowest BCUT2D eigenvalue weighted by molar-refractivity contribution is 0.708. The SMILES string of the molecule is Cc1sc(-c2nc3c(c(=O)[nH]2)CCCCC3)cc1Br. The average Bonchev–Trinajstić information content (AvgIpc) is 2.61. The summed E-state index contributed by atoms with van der Waals surface area (Å²) in [6, 6.07) is 2.03. The fourth-order valence-corrected chi connectivity index (χ4v) is 3.95. The Bertz CT molecular complexity index is 655. The Hall–Kier alpha value is -0.940. The van der Waals surface area contributed by atoms with Gasteiger partial charge in [0.05, 0.1) is 10.6 Å². The van der Waals surface area contributed by atoms with Crippen LogP contribution in [-0.4, -0.2) is 9.97 Å². The number of aryl methyl sites for hydroxylation is 2. The minimum atomic E-state index is 0.0454. The van der Waals surface area contributed by atoms with Gasteiger partial charge in [0.2, 0.25) is 0 Å². The molecule has 2 aromatic rings. The second-order valence-corrected chi connectivity index (χ2v) is 7.03. The summed E-state index contributed by atoms with van der Waals surface area (Å²) < 4.78 is 1.07. The zero-order valence-electron chi connectivity index (χ0n) is 10.8. The smallest absolute Gasteiger partial charge is 0.254 e. The molecule has 2 aromatic heterocycles. The van der Waals surface area contributed by atoms with Crippen molar-refractivity contribution in [1.82, 2.24) is 9.97 Å². The molecule has 0 atom stereocenters. The Labute approximate surface area is 124 Å². The predicted molar refractivity (Wildman–Crippen MR) is 81.9 cm³/mol. The number of aromatic nitrogens is 2. The van der Waals surface area contributed by atoms with Crippen LogP contribution >= 0.6 is 27.3 Å². The molecule has 1 aliphatic carbocycles. The van der Waals surface area contributed by atoms with Gasteiger partial charge in [0, 0.05) is 14.9 Å². The predicted octanol–water partition coefficient (Wildman–Crippen LogP) is 3.84. The van der Waals surface area contributed by atoms with Crippen LogP contribution in [0.15, 0.2) is 15.3 Å². The molecule has 0 aliphatic heterocycles. The van der Waals surface area contributed by atoms with E-state index < -0.39 is 0 Å². The summed E-state index contributed by atoms with van der Waals surface area (Å²) in [6.07, 6.45) is 5.22. The number of rotatable bonds is 1. The van der Waals surface area contributed by atoms with E-state index in [0.717, 1.165) is 46.3 Å². The third-order valence-electron chi connectivity index (χ3n) is 3.53. The molecule has 0 fully saturated rings. The molecule has 0 radical (unpaired) electrons. The van der Waals surface area contributed by atoms with Crippen molar-refractivity contribution in [3.05, 3.63) is 37.0 Å². The van der Waals surface area contributed by atoms with Gasteiger partial charge in [-0.2, -0.15) is 0 Å². The van der Waals surface area contributed by atoms with E-state index in [9.17, 15) is 4.79 Å². The Balaban J connectivity index is 2.11. The van der Waals surface area contributed by atoms with Gasteiger partial charge in [0.15, 0.2) is 5.82 Å². The molecule has 100 valence electrons. The van der Waals surface area contributed by atoms with Gasteiger partial charge in [-0.25, -0.2) is 4.98 Å². The molecule has 0 amide bonds. The topological polar surface area (TPSA) is 45.8 Å². The van der Waals surface area contributed by atoms with Crippen molar-refractivity contribution >= 4 is 27.3 Å². The van der Waals surface area contributed by atoms with Gasteiger partial charge < -0.3 is 4.98 Å². The van der Waals surface area contributed by atoms with E-state index in [-0.39, 0.29) is 5.56 Å². The van der Waals surface area contributed by atoms with Gasteiger partial charge in [0.25, 0.3) is 5.56 Å². The highest BCUT2D eigenvalue weighted by Crippen LogP contribution is 2.32. The highest BCUT2D eigenvalue weighted by molar-refractivity contribution is 9.10. The Morgan fingerprint density at radius 2 is 2.11 bits per heavy atom. The first-order valence-corrected chi connectivity index (χ1v) is 8.14. The monoisotopic (exact) mass is 338 g/mol. The summed E-state index contributed by atoms with van der Waals surface area (Å²) in [5.41, 5.74) is 1.94. The number of aromatic amines is 1. The quantitative estimate of drug-likeness (QED) is 0.803. The zero-order chi connectivity index (χ0) is 13.4. The summed E-state index contributed by atoms with van der Waals surface area (Å²) in [5, 5.41) is 0. The largest absolute Gasteiger partial charge is 0.306 e. The minimum absolute atomic E-state index is 0.0454. The normalized spacial score (nSPS) is 15.1. The molecule has 19 heavy (non-hydrogen) atoms.